The highest BCUT2D eigenvalue weighted by Gasteiger charge is 2.30. The monoisotopic (exact) mass is 197 g/mol. The van der Waals surface area contributed by atoms with Crippen molar-refractivity contribution in [1.82, 2.24) is 4.90 Å². The maximum Gasteiger partial charge on any atom is 0.152 e. The first-order valence-electron chi connectivity index (χ1n) is 5.88. The number of nitrogens with zero attached hydrogens (tertiary/aromatic N) is 1. The van der Waals surface area contributed by atoms with E-state index in [9.17, 15) is 4.79 Å². The number of carbonyl (C=O) groups is 1. The second kappa shape index (κ2) is 4.92. The number of Topliss-reactive ketones (excluding diaryl/α,β-unsaturated/α-hetero) is 1. The van der Waals surface area contributed by atoms with Gasteiger partial charge in [0.25, 0.3) is 0 Å². The fraction of sp³-hybridized carbons (Fsp3) is 0.917. The lowest BCUT2D eigenvalue weighted by atomic mass is 9.80. The first-order valence-corrected chi connectivity index (χ1v) is 5.88. The molecule has 0 aromatic heterocycles. The zero-order valence-electron chi connectivity index (χ0n) is 9.81. The maximum absolute atomic E-state index is 12.0. The summed E-state index contributed by atoms with van der Waals surface area (Å²) in [6, 6.07) is 0. The molecule has 1 aliphatic rings. The van der Waals surface area contributed by atoms with Crippen molar-refractivity contribution >= 4 is 5.78 Å². The first-order chi connectivity index (χ1) is 6.62. The van der Waals surface area contributed by atoms with E-state index in [1.165, 1.54) is 12.8 Å². The summed E-state index contributed by atoms with van der Waals surface area (Å²) in [6.45, 7) is 9.25. The highest BCUT2D eigenvalue weighted by molar-refractivity contribution is 5.86. The van der Waals surface area contributed by atoms with Crippen LogP contribution in [0.25, 0.3) is 0 Å². The van der Waals surface area contributed by atoms with Crippen molar-refractivity contribution in [3.8, 4) is 0 Å². The minimum absolute atomic E-state index is 0.0808. The molecule has 1 rings (SSSR count). The van der Waals surface area contributed by atoms with E-state index in [1.807, 2.05) is 0 Å². The molecule has 2 nitrogen and oxygen atoms in total. The Bertz CT molecular complexity index is 190. The van der Waals surface area contributed by atoms with Crippen LogP contribution in [0.1, 0.15) is 46.5 Å². The Morgan fingerprint density at radius 1 is 1.21 bits per heavy atom. The summed E-state index contributed by atoms with van der Waals surface area (Å²) in [6.07, 6.45) is 4.47. The molecule has 14 heavy (non-hydrogen) atoms. The van der Waals surface area contributed by atoms with Gasteiger partial charge in [0.05, 0.1) is 6.54 Å². The van der Waals surface area contributed by atoms with Gasteiger partial charge in [0.15, 0.2) is 5.78 Å². The summed E-state index contributed by atoms with van der Waals surface area (Å²) in [4.78, 5) is 14.3. The van der Waals surface area contributed by atoms with E-state index in [2.05, 4.69) is 25.7 Å². The molecule has 0 N–H and O–H groups in total. The SMILES string of the molecule is CCC(C)(CC)C(=O)CN1CCCC1. The first kappa shape index (κ1) is 11.7. The normalized spacial score (nSPS) is 18.8. The number of carbonyl (C=O) groups excluding carboxylic acids is 1. The Balaban J connectivity index is 2.46. The quantitative estimate of drug-likeness (QED) is 0.675. The Morgan fingerprint density at radius 3 is 2.14 bits per heavy atom. The average Bonchev–Trinajstić information content (AvgIpc) is 2.69. The van der Waals surface area contributed by atoms with Crippen LogP contribution in [-0.4, -0.2) is 30.3 Å². The number of rotatable bonds is 5. The van der Waals surface area contributed by atoms with E-state index in [-0.39, 0.29) is 5.41 Å². The van der Waals surface area contributed by atoms with Gasteiger partial charge in [-0.2, -0.15) is 0 Å². The molecular weight excluding hydrogens is 174 g/mol. The third-order valence-corrected chi connectivity index (χ3v) is 3.80. The van der Waals surface area contributed by atoms with Gasteiger partial charge in [-0.1, -0.05) is 20.8 Å². The van der Waals surface area contributed by atoms with E-state index >= 15 is 0 Å². The highest BCUT2D eigenvalue weighted by atomic mass is 16.1. The lowest BCUT2D eigenvalue weighted by molar-refractivity contribution is -0.129. The van der Waals surface area contributed by atoms with E-state index in [0.717, 1.165) is 25.9 Å². The molecule has 1 fully saturated rings. The fourth-order valence-electron chi connectivity index (χ4n) is 1.98. The summed E-state index contributed by atoms with van der Waals surface area (Å²) >= 11 is 0. The Labute approximate surface area is 87.7 Å². The Hall–Kier alpha value is -0.370. The number of hydrogen-bond donors (Lipinski definition) is 0. The van der Waals surface area contributed by atoms with Crippen molar-refractivity contribution < 1.29 is 4.79 Å². The predicted octanol–water partition coefficient (Wildman–Crippen LogP) is 2.48. The zero-order chi connectivity index (χ0) is 10.6. The van der Waals surface area contributed by atoms with Crippen LogP contribution in [-0.2, 0) is 4.79 Å². The molecular formula is C12H23NO. The van der Waals surface area contributed by atoms with Crippen LogP contribution < -0.4 is 0 Å². The van der Waals surface area contributed by atoms with E-state index in [1.54, 1.807) is 0 Å². The molecule has 1 heterocycles. The average molecular weight is 197 g/mol. The van der Waals surface area contributed by atoms with Gasteiger partial charge in [-0.05, 0) is 38.8 Å². The van der Waals surface area contributed by atoms with Crippen molar-refractivity contribution in [1.29, 1.82) is 0 Å². The molecule has 0 unspecified atom stereocenters. The second-order valence-electron chi connectivity index (χ2n) is 4.67. The van der Waals surface area contributed by atoms with Gasteiger partial charge >= 0.3 is 0 Å². The van der Waals surface area contributed by atoms with Gasteiger partial charge in [0, 0.05) is 5.41 Å². The van der Waals surface area contributed by atoms with Gasteiger partial charge in [0.1, 0.15) is 0 Å². The van der Waals surface area contributed by atoms with Crippen molar-refractivity contribution in [3.63, 3.8) is 0 Å². The predicted molar refractivity (Wildman–Crippen MR) is 59.4 cm³/mol. The minimum atomic E-state index is -0.0808. The van der Waals surface area contributed by atoms with Crippen molar-refractivity contribution in [2.75, 3.05) is 19.6 Å². The zero-order valence-corrected chi connectivity index (χ0v) is 9.81. The van der Waals surface area contributed by atoms with Crippen LogP contribution in [0.5, 0.6) is 0 Å². The summed E-state index contributed by atoms with van der Waals surface area (Å²) in [5, 5.41) is 0. The Kier molecular flexibility index (Phi) is 4.11. The van der Waals surface area contributed by atoms with E-state index < -0.39 is 0 Å². The number of hydrogen-bond acceptors (Lipinski definition) is 2. The molecule has 0 saturated carbocycles. The topological polar surface area (TPSA) is 20.3 Å². The third-order valence-electron chi connectivity index (χ3n) is 3.80. The standard InChI is InChI=1S/C12H23NO/c1-4-12(3,5-2)11(14)10-13-8-6-7-9-13/h4-10H2,1-3H3. The molecule has 0 aromatic rings. The van der Waals surface area contributed by atoms with Crippen molar-refractivity contribution in [2.24, 2.45) is 5.41 Å². The van der Waals surface area contributed by atoms with Gasteiger partial charge in [-0.25, -0.2) is 0 Å². The fourth-order valence-corrected chi connectivity index (χ4v) is 1.98. The molecule has 0 spiro atoms. The van der Waals surface area contributed by atoms with Crippen LogP contribution in [0, 0.1) is 5.41 Å². The van der Waals surface area contributed by atoms with Crippen LogP contribution >= 0.6 is 0 Å². The Morgan fingerprint density at radius 2 is 1.71 bits per heavy atom. The van der Waals surface area contributed by atoms with Crippen LogP contribution in [0.4, 0.5) is 0 Å². The van der Waals surface area contributed by atoms with Gasteiger partial charge < -0.3 is 0 Å². The lowest BCUT2D eigenvalue weighted by Gasteiger charge is -2.27. The van der Waals surface area contributed by atoms with Crippen LogP contribution in [0.2, 0.25) is 0 Å². The molecule has 0 amide bonds. The number of ketones is 1. The molecule has 0 aromatic carbocycles. The molecule has 0 atom stereocenters. The molecule has 2 heteroatoms. The van der Waals surface area contributed by atoms with Gasteiger partial charge in [-0.3, -0.25) is 9.69 Å². The molecule has 0 aliphatic carbocycles. The largest absolute Gasteiger partial charge is 0.298 e. The van der Waals surface area contributed by atoms with Crippen LogP contribution in [0.15, 0.2) is 0 Å². The van der Waals surface area contributed by atoms with Crippen LogP contribution in [0.3, 0.4) is 0 Å². The van der Waals surface area contributed by atoms with Gasteiger partial charge in [-0.15, -0.1) is 0 Å². The van der Waals surface area contributed by atoms with Crippen molar-refractivity contribution in [3.05, 3.63) is 0 Å². The third kappa shape index (κ3) is 2.57. The highest BCUT2D eigenvalue weighted by Crippen LogP contribution is 2.27. The number of likely N-dealkylation sites (tertiary alicyclic amines) is 1. The summed E-state index contributed by atoms with van der Waals surface area (Å²) in [5.41, 5.74) is -0.0808. The summed E-state index contributed by atoms with van der Waals surface area (Å²) < 4.78 is 0. The van der Waals surface area contributed by atoms with E-state index in [0.29, 0.717) is 12.3 Å². The summed E-state index contributed by atoms with van der Waals surface area (Å²) in [7, 11) is 0. The minimum Gasteiger partial charge on any atom is -0.298 e. The summed E-state index contributed by atoms with van der Waals surface area (Å²) in [5.74, 6) is 0.435. The molecule has 0 radical (unpaired) electrons. The molecule has 1 aliphatic heterocycles. The molecule has 1 saturated heterocycles. The molecule has 0 bridgehead atoms. The van der Waals surface area contributed by atoms with Gasteiger partial charge in [0.2, 0.25) is 0 Å². The van der Waals surface area contributed by atoms with Crippen molar-refractivity contribution in [2.45, 2.75) is 46.5 Å². The maximum atomic E-state index is 12.0. The second-order valence-corrected chi connectivity index (χ2v) is 4.67. The smallest absolute Gasteiger partial charge is 0.152 e. The van der Waals surface area contributed by atoms with E-state index in [4.69, 9.17) is 0 Å². The lowest BCUT2D eigenvalue weighted by Crippen LogP contribution is -2.36. The molecule has 82 valence electrons.